The van der Waals surface area contributed by atoms with Gasteiger partial charge in [-0.15, -0.1) is 0 Å². The lowest BCUT2D eigenvalue weighted by Crippen LogP contribution is -2.14. The first-order chi connectivity index (χ1) is 6.76. The summed E-state index contributed by atoms with van der Waals surface area (Å²) in [6, 6.07) is 6.87. The quantitative estimate of drug-likeness (QED) is 0.574. The van der Waals surface area contributed by atoms with E-state index >= 15 is 0 Å². The van der Waals surface area contributed by atoms with Gasteiger partial charge in [0.25, 0.3) is 0 Å². The SMILES string of the molecule is COC(=O)CNc1cccc(C=O)c1. The molecule has 0 aliphatic heterocycles. The van der Waals surface area contributed by atoms with Gasteiger partial charge >= 0.3 is 5.97 Å². The summed E-state index contributed by atoms with van der Waals surface area (Å²) in [5, 5.41) is 2.84. The zero-order valence-electron chi connectivity index (χ0n) is 7.82. The van der Waals surface area contributed by atoms with Crippen LogP contribution < -0.4 is 5.32 Å². The van der Waals surface area contributed by atoms with Crippen molar-refractivity contribution in [2.45, 2.75) is 0 Å². The van der Waals surface area contributed by atoms with Gasteiger partial charge in [-0.1, -0.05) is 12.1 Å². The van der Waals surface area contributed by atoms with Crippen LogP contribution >= 0.6 is 0 Å². The van der Waals surface area contributed by atoms with E-state index in [-0.39, 0.29) is 12.5 Å². The highest BCUT2D eigenvalue weighted by Crippen LogP contribution is 2.08. The molecule has 0 amide bonds. The highest BCUT2D eigenvalue weighted by atomic mass is 16.5. The van der Waals surface area contributed by atoms with Gasteiger partial charge in [-0.2, -0.15) is 0 Å². The minimum Gasteiger partial charge on any atom is -0.468 e. The van der Waals surface area contributed by atoms with Gasteiger partial charge in [-0.05, 0) is 12.1 Å². The minimum absolute atomic E-state index is 0.0960. The van der Waals surface area contributed by atoms with Crippen LogP contribution in [0.4, 0.5) is 5.69 Å². The van der Waals surface area contributed by atoms with Crippen molar-refractivity contribution in [3.8, 4) is 0 Å². The summed E-state index contributed by atoms with van der Waals surface area (Å²) in [5.74, 6) is -0.346. The maximum atomic E-state index is 10.8. The monoisotopic (exact) mass is 193 g/mol. The van der Waals surface area contributed by atoms with Crippen molar-refractivity contribution >= 4 is 17.9 Å². The predicted molar refractivity (Wildman–Crippen MR) is 52.3 cm³/mol. The number of carbonyl (C=O) groups excluding carboxylic acids is 2. The predicted octanol–water partition coefficient (Wildman–Crippen LogP) is 1.08. The average Bonchev–Trinajstić information content (AvgIpc) is 2.26. The Labute approximate surface area is 81.9 Å². The summed E-state index contributed by atoms with van der Waals surface area (Å²) in [7, 11) is 1.33. The van der Waals surface area contributed by atoms with E-state index in [1.54, 1.807) is 24.3 Å². The van der Waals surface area contributed by atoms with Gasteiger partial charge in [-0.3, -0.25) is 9.59 Å². The Hall–Kier alpha value is -1.84. The van der Waals surface area contributed by atoms with E-state index in [9.17, 15) is 9.59 Å². The molecule has 0 saturated heterocycles. The molecule has 0 spiro atoms. The van der Waals surface area contributed by atoms with Crippen LogP contribution in [0.2, 0.25) is 0 Å². The molecule has 0 fully saturated rings. The Balaban J connectivity index is 2.58. The van der Waals surface area contributed by atoms with Crippen LogP contribution in [0.25, 0.3) is 0 Å². The van der Waals surface area contributed by atoms with Gasteiger partial charge in [0.1, 0.15) is 12.8 Å². The lowest BCUT2D eigenvalue weighted by Gasteiger charge is -2.04. The van der Waals surface area contributed by atoms with Crippen LogP contribution in [-0.2, 0) is 9.53 Å². The first-order valence-electron chi connectivity index (χ1n) is 4.12. The first-order valence-corrected chi connectivity index (χ1v) is 4.12. The minimum atomic E-state index is -0.346. The number of benzene rings is 1. The van der Waals surface area contributed by atoms with Crippen LogP contribution in [0.15, 0.2) is 24.3 Å². The second-order valence-corrected chi connectivity index (χ2v) is 2.67. The fourth-order valence-electron chi connectivity index (χ4n) is 0.968. The van der Waals surface area contributed by atoms with E-state index in [4.69, 9.17) is 0 Å². The molecule has 1 aromatic carbocycles. The van der Waals surface area contributed by atoms with Crippen molar-refractivity contribution in [1.82, 2.24) is 0 Å². The number of hydrogen-bond donors (Lipinski definition) is 1. The highest BCUT2D eigenvalue weighted by Gasteiger charge is 1.99. The molecule has 4 heteroatoms. The fraction of sp³-hybridized carbons (Fsp3) is 0.200. The smallest absolute Gasteiger partial charge is 0.325 e. The number of anilines is 1. The van der Waals surface area contributed by atoms with Crippen molar-refractivity contribution in [1.29, 1.82) is 0 Å². The maximum Gasteiger partial charge on any atom is 0.325 e. The van der Waals surface area contributed by atoms with E-state index in [1.165, 1.54) is 7.11 Å². The molecule has 0 heterocycles. The molecule has 0 aliphatic carbocycles. The number of ether oxygens (including phenoxy) is 1. The summed E-state index contributed by atoms with van der Waals surface area (Å²) in [4.78, 5) is 21.2. The number of aldehydes is 1. The molecule has 1 aromatic rings. The van der Waals surface area contributed by atoms with Gasteiger partial charge in [0.05, 0.1) is 7.11 Å². The third-order valence-corrected chi connectivity index (χ3v) is 1.69. The number of nitrogens with one attached hydrogen (secondary N) is 1. The normalized spacial score (nSPS) is 9.21. The van der Waals surface area contributed by atoms with Gasteiger partial charge in [-0.25, -0.2) is 0 Å². The van der Waals surface area contributed by atoms with Crippen molar-refractivity contribution in [2.75, 3.05) is 19.0 Å². The van der Waals surface area contributed by atoms with Crippen LogP contribution in [0.5, 0.6) is 0 Å². The maximum absolute atomic E-state index is 10.8. The second-order valence-electron chi connectivity index (χ2n) is 2.67. The third-order valence-electron chi connectivity index (χ3n) is 1.69. The molecule has 14 heavy (non-hydrogen) atoms. The van der Waals surface area contributed by atoms with Crippen molar-refractivity contribution in [3.63, 3.8) is 0 Å². The van der Waals surface area contributed by atoms with E-state index in [2.05, 4.69) is 10.1 Å². The van der Waals surface area contributed by atoms with Crippen LogP contribution in [0, 0.1) is 0 Å². The molecule has 0 unspecified atom stereocenters. The van der Waals surface area contributed by atoms with Crippen molar-refractivity contribution in [2.24, 2.45) is 0 Å². The Morgan fingerprint density at radius 2 is 2.36 bits per heavy atom. The van der Waals surface area contributed by atoms with Crippen molar-refractivity contribution in [3.05, 3.63) is 29.8 Å². The van der Waals surface area contributed by atoms with Gasteiger partial charge in [0.2, 0.25) is 0 Å². The molecule has 0 aromatic heterocycles. The topological polar surface area (TPSA) is 55.4 Å². The molecule has 0 bridgehead atoms. The number of carbonyl (C=O) groups is 2. The second kappa shape index (κ2) is 5.01. The molecular formula is C10H11NO3. The van der Waals surface area contributed by atoms with Crippen LogP contribution in [0.3, 0.4) is 0 Å². The molecular weight excluding hydrogens is 182 g/mol. The van der Waals surface area contributed by atoms with Gasteiger partial charge in [0.15, 0.2) is 0 Å². The van der Waals surface area contributed by atoms with E-state index in [0.717, 1.165) is 12.0 Å². The van der Waals surface area contributed by atoms with Crippen molar-refractivity contribution < 1.29 is 14.3 Å². The first kappa shape index (κ1) is 10.2. The largest absolute Gasteiger partial charge is 0.468 e. The van der Waals surface area contributed by atoms with Gasteiger partial charge < -0.3 is 10.1 Å². The Bertz CT molecular complexity index is 336. The fourth-order valence-corrected chi connectivity index (χ4v) is 0.968. The third kappa shape index (κ3) is 2.90. The standard InChI is InChI=1S/C10H11NO3/c1-14-10(13)6-11-9-4-2-3-8(5-9)7-12/h2-5,7,11H,6H2,1H3. The van der Waals surface area contributed by atoms with Crippen LogP contribution in [-0.4, -0.2) is 25.9 Å². The molecule has 0 atom stereocenters. The summed E-state index contributed by atoms with van der Waals surface area (Å²) in [6.07, 6.45) is 0.753. The summed E-state index contributed by atoms with van der Waals surface area (Å²) < 4.78 is 4.46. The molecule has 0 aliphatic rings. The summed E-state index contributed by atoms with van der Waals surface area (Å²) in [6.45, 7) is 0.0960. The Morgan fingerprint density at radius 3 is 3.00 bits per heavy atom. The summed E-state index contributed by atoms with van der Waals surface area (Å²) in [5.41, 5.74) is 1.29. The van der Waals surface area contributed by atoms with E-state index < -0.39 is 0 Å². The zero-order chi connectivity index (χ0) is 10.4. The molecule has 4 nitrogen and oxygen atoms in total. The lowest BCUT2D eigenvalue weighted by atomic mass is 10.2. The summed E-state index contributed by atoms with van der Waals surface area (Å²) >= 11 is 0. The van der Waals surface area contributed by atoms with E-state index in [0.29, 0.717) is 5.56 Å². The van der Waals surface area contributed by atoms with Gasteiger partial charge in [0, 0.05) is 11.3 Å². The number of hydrogen-bond acceptors (Lipinski definition) is 4. The zero-order valence-corrected chi connectivity index (χ0v) is 7.82. The molecule has 0 saturated carbocycles. The molecule has 74 valence electrons. The molecule has 1 rings (SSSR count). The number of methoxy groups -OCH3 is 1. The number of esters is 1. The Morgan fingerprint density at radius 1 is 1.57 bits per heavy atom. The average molecular weight is 193 g/mol. The molecule has 1 N–H and O–H groups in total. The Kier molecular flexibility index (Phi) is 3.67. The lowest BCUT2D eigenvalue weighted by molar-refractivity contribution is -0.138. The highest BCUT2D eigenvalue weighted by molar-refractivity contribution is 5.78. The molecule has 0 radical (unpaired) electrons. The van der Waals surface area contributed by atoms with E-state index in [1.807, 2.05) is 0 Å². The van der Waals surface area contributed by atoms with Crippen LogP contribution in [0.1, 0.15) is 10.4 Å². The number of rotatable bonds is 4.